The Labute approximate surface area is 204 Å². The standard InChI is InChI=1S/C28H30N2O3S/c1-4-6-10-17-30-23(20-15-13-19(5-2)14-16-20)22(25(32)28(30)33)24(31)26-18(3)29-27(34-26)21-11-8-7-9-12-21/h7-9,11-16,23,32H,4-6,10,17H2,1-3H3. The quantitative estimate of drug-likeness (QED) is 0.286. The fourth-order valence-electron chi connectivity index (χ4n) is 4.36. The van der Waals surface area contributed by atoms with Gasteiger partial charge in [0.05, 0.1) is 22.2 Å². The van der Waals surface area contributed by atoms with Crippen LogP contribution in [0, 0.1) is 6.92 Å². The minimum Gasteiger partial charge on any atom is -0.503 e. The van der Waals surface area contributed by atoms with Gasteiger partial charge in [-0.15, -0.1) is 11.3 Å². The van der Waals surface area contributed by atoms with Gasteiger partial charge in [0, 0.05) is 12.1 Å². The normalized spacial score (nSPS) is 15.9. The van der Waals surface area contributed by atoms with Crippen molar-refractivity contribution in [1.29, 1.82) is 0 Å². The van der Waals surface area contributed by atoms with E-state index >= 15 is 0 Å². The van der Waals surface area contributed by atoms with Crippen molar-refractivity contribution in [3.8, 4) is 10.6 Å². The third-order valence-corrected chi connectivity index (χ3v) is 7.48. The maximum Gasteiger partial charge on any atom is 0.290 e. The minimum absolute atomic E-state index is 0.150. The predicted molar refractivity (Wildman–Crippen MR) is 136 cm³/mol. The van der Waals surface area contributed by atoms with E-state index in [2.05, 4.69) is 18.8 Å². The maximum absolute atomic E-state index is 13.8. The van der Waals surface area contributed by atoms with E-state index in [-0.39, 0.29) is 11.4 Å². The van der Waals surface area contributed by atoms with Crippen LogP contribution in [0.4, 0.5) is 0 Å². The molecule has 34 heavy (non-hydrogen) atoms. The van der Waals surface area contributed by atoms with E-state index in [1.807, 2.05) is 54.6 Å². The molecule has 4 rings (SSSR count). The zero-order valence-electron chi connectivity index (χ0n) is 19.9. The first-order valence-corrected chi connectivity index (χ1v) is 12.7. The number of aliphatic hydroxyl groups is 1. The summed E-state index contributed by atoms with van der Waals surface area (Å²) >= 11 is 1.30. The second kappa shape index (κ2) is 10.3. The molecule has 1 aliphatic rings. The molecule has 0 saturated heterocycles. The summed E-state index contributed by atoms with van der Waals surface area (Å²) in [5.41, 5.74) is 3.70. The Hall–Kier alpha value is -3.25. The Balaban J connectivity index is 1.75. The lowest BCUT2D eigenvalue weighted by molar-refractivity contribution is -0.129. The van der Waals surface area contributed by atoms with Crippen LogP contribution in [0.25, 0.3) is 10.6 Å². The molecule has 6 heteroatoms. The summed E-state index contributed by atoms with van der Waals surface area (Å²) in [5, 5.41) is 11.7. The zero-order valence-corrected chi connectivity index (χ0v) is 20.7. The highest BCUT2D eigenvalue weighted by molar-refractivity contribution is 7.17. The number of Topliss-reactive ketones (excluding diaryl/α,β-unsaturated/α-hetero) is 1. The van der Waals surface area contributed by atoms with Crippen LogP contribution in [0.1, 0.15) is 65.6 Å². The molecule has 5 nitrogen and oxygen atoms in total. The number of hydrogen-bond donors (Lipinski definition) is 1. The lowest BCUT2D eigenvalue weighted by Crippen LogP contribution is -2.32. The van der Waals surface area contributed by atoms with Crippen molar-refractivity contribution in [3.05, 3.63) is 87.6 Å². The number of unbranched alkanes of at least 4 members (excludes halogenated alkanes) is 2. The van der Waals surface area contributed by atoms with Crippen LogP contribution in [0.5, 0.6) is 0 Å². The summed E-state index contributed by atoms with van der Waals surface area (Å²) in [6.07, 6.45) is 3.71. The molecule has 0 bridgehead atoms. The van der Waals surface area contributed by atoms with E-state index in [9.17, 15) is 14.7 Å². The van der Waals surface area contributed by atoms with E-state index in [1.165, 1.54) is 16.9 Å². The fourth-order valence-corrected chi connectivity index (χ4v) is 5.39. The highest BCUT2D eigenvalue weighted by Crippen LogP contribution is 2.41. The van der Waals surface area contributed by atoms with Crippen LogP contribution in [-0.2, 0) is 11.2 Å². The van der Waals surface area contributed by atoms with Gasteiger partial charge in [-0.05, 0) is 30.9 Å². The van der Waals surface area contributed by atoms with Crippen molar-refractivity contribution in [2.45, 2.75) is 52.5 Å². The van der Waals surface area contributed by atoms with Crippen molar-refractivity contribution in [2.75, 3.05) is 6.54 Å². The summed E-state index contributed by atoms with van der Waals surface area (Å²) in [5.74, 6) is -1.25. The maximum atomic E-state index is 13.8. The number of aliphatic hydroxyl groups excluding tert-OH is 1. The number of benzene rings is 2. The summed E-state index contributed by atoms with van der Waals surface area (Å²) < 4.78 is 0. The number of amides is 1. The summed E-state index contributed by atoms with van der Waals surface area (Å²) in [6.45, 7) is 6.48. The lowest BCUT2D eigenvalue weighted by Gasteiger charge is -2.27. The Bertz CT molecular complexity index is 1210. The highest BCUT2D eigenvalue weighted by Gasteiger charge is 2.44. The zero-order chi connectivity index (χ0) is 24.2. The van der Waals surface area contributed by atoms with Crippen LogP contribution >= 0.6 is 11.3 Å². The summed E-state index contributed by atoms with van der Waals surface area (Å²) in [6, 6.07) is 17.1. The molecule has 1 atom stereocenters. The molecule has 3 aromatic rings. The molecule has 176 valence electrons. The van der Waals surface area contributed by atoms with Crippen molar-refractivity contribution < 1.29 is 14.7 Å². The molecule has 0 aliphatic carbocycles. The molecule has 1 N–H and O–H groups in total. The van der Waals surface area contributed by atoms with E-state index in [4.69, 9.17) is 0 Å². The van der Waals surface area contributed by atoms with Crippen LogP contribution in [0.15, 0.2) is 65.9 Å². The molecule has 1 unspecified atom stereocenters. The number of carbonyl (C=O) groups excluding carboxylic acids is 2. The molecular formula is C28H30N2O3S. The second-order valence-corrected chi connectivity index (χ2v) is 9.59. The molecule has 2 aromatic carbocycles. The van der Waals surface area contributed by atoms with E-state index < -0.39 is 17.7 Å². The molecule has 0 radical (unpaired) electrons. The molecule has 0 spiro atoms. The van der Waals surface area contributed by atoms with Crippen molar-refractivity contribution in [1.82, 2.24) is 9.88 Å². The van der Waals surface area contributed by atoms with Gasteiger partial charge in [0.25, 0.3) is 5.91 Å². The number of rotatable bonds is 9. The van der Waals surface area contributed by atoms with E-state index in [1.54, 1.807) is 11.8 Å². The van der Waals surface area contributed by atoms with Crippen LogP contribution < -0.4 is 0 Å². The topological polar surface area (TPSA) is 70.5 Å². The third-order valence-electron chi connectivity index (χ3n) is 6.28. The van der Waals surface area contributed by atoms with Crippen molar-refractivity contribution in [3.63, 3.8) is 0 Å². The van der Waals surface area contributed by atoms with Crippen LogP contribution in [0.3, 0.4) is 0 Å². The van der Waals surface area contributed by atoms with Gasteiger partial charge in [-0.1, -0.05) is 81.3 Å². The van der Waals surface area contributed by atoms with Crippen molar-refractivity contribution in [2.24, 2.45) is 0 Å². The SMILES string of the molecule is CCCCCN1C(=O)C(O)=C(C(=O)c2sc(-c3ccccc3)nc2C)C1c1ccc(CC)cc1. The Morgan fingerprint density at radius 2 is 1.76 bits per heavy atom. The molecule has 1 aliphatic heterocycles. The van der Waals surface area contributed by atoms with Gasteiger partial charge in [0.1, 0.15) is 5.01 Å². The number of aryl methyl sites for hydroxylation is 2. The number of hydrogen-bond acceptors (Lipinski definition) is 5. The second-order valence-electron chi connectivity index (χ2n) is 8.59. The summed E-state index contributed by atoms with van der Waals surface area (Å²) in [7, 11) is 0. The van der Waals surface area contributed by atoms with Gasteiger partial charge in [-0.25, -0.2) is 4.98 Å². The van der Waals surface area contributed by atoms with Crippen LogP contribution in [0.2, 0.25) is 0 Å². The molecule has 1 aromatic heterocycles. The van der Waals surface area contributed by atoms with E-state index in [0.717, 1.165) is 41.8 Å². The smallest absolute Gasteiger partial charge is 0.290 e. The monoisotopic (exact) mass is 474 g/mol. The molecular weight excluding hydrogens is 444 g/mol. The molecule has 1 amide bonds. The third kappa shape index (κ3) is 4.55. The number of thiazole rings is 1. The fraction of sp³-hybridized carbons (Fsp3) is 0.321. The number of ketones is 1. The van der Waals surface area contributed by atoms with Gasteiger partial charge in [-0.2, -0.15) is 0 Å². The number of aromatic nitrogens is 1. The van der Waals surface area contributed by atoms with Gasteiger partial charge in [0.15, 0.2) is 5.76 Å². The first-order valence-electron chi connectivity index (χ1n) is 11.9. The molecule has 0 fully saturated rings. The lowest BCUT2D eigenvalue weighted by atomic mass is 9.94. The Kier molecular flexibility index (Phi) is 7.27. The number of nitrogens with zero attached hydrogens (tertiary/aromatic N) is 2. The Morgan fingerprint density at radius 3 is 2.41 bits per heavy atom. The van der Waals surface area contributed by atoms with Gasteiger partial charge < -0.3 is 10.0 Å². The van der Waals surface area contributed by atoms with Gasteiger partial charge in [-0.3, -0.25) is 9.59 Å². The Morgan fingerprint density at radius 1 is 1.06 bits per heavy atom. The average molecular weight is 475 g/mol. The highest BCUT2D eigenvalue weighted by atomic mass is 32.1. The van der Waals surface area contributed by atoms with E-state index in [0.29, 0.717) is 17.1 Å². The van der Waals surface area contributed by atoms with Crippen LogP contribution in [-0.4, -0.2) is 33.2 Å². The van der Waals surface area contributed by atoms with Gasteiger partial charge in [0.2, 0.25) is 5.78 Å². The average Bonchev–Trinajstić information content (AvgIpc) is 3.37. The minimum atomic E-state index is -0.607. The van der Waals surface area contributed by atoms with Crippen molar-refractivity contribution >= 4 is 23.0 Å². The first kappa shape index (κ1) is 23.9. The molecule has 2 heterocycles. The predicted octanol–water partition coefficient (Wildman–Crippen LogP) is 6.45. The molecule has 0 saturated carbocycles. The van der Waals surface area contributed by atoms with Gasteiger partial charge >= 0.3 is 0 Å². The number of carbonyl (C=O) groups is 2. The summed E-state index contributed by atoms with van der Waals surface area (Å²) in [4.78, 5) is 33.7. The largest absolute Gasteiger partial charge is 0.503 e. The first-order chi connectivity index (χ1) is 16.5.